The maximum absolute atomic E-state index is 13.5. The second kappa shape index (κ2) is 9.49. The van der Waals surface area contributed by atoms with E-state index in [1.54, 1.807) is 6.20 Å². The lowest BCUT2D eigenvalue weighted by atomic mass is 10.0. The van der Waals surface area contributed by atoms with E-state index >= 15 is 0 Å². The number of para-hydroxylation sites is 2. The van der Waals surface area contributed by atoms with Crippen molar-refractivity contribution in [2.24, 2.45) is 5.92 Å². The van der Waals surface area contributed by atoms with Crippen molar-refractivity contribution in [1.29, 1.82) is 0 Å². The number of rotatable bonds is 7. The van der Waals surface area contributed by atoms with Gasteiger partial charge in [-0.05, 0) is 43.0 Å². The Morgan fingerprint density at radius 3 is 2.85 bits per heavy atom. The molecular formula is C25H33N7O. The first-order valence-electron chi connectivity index (χ1n) is 12.0. The first kappa shape index (κ1) is 21.9. The van der Waals surface area contributed by atoms with Crippen LogP contribution in [-0.4, -0.2) is 50.1 Å². The molecule has 2 aliphatic rings. The van der Waals surface area contributed by atoms with E-state index in [1.807, 2.05) is 36.4 Å². The molecule has 0 bridgehead atoms. The zero-order chi connectivity index (χ0) is 22.8. The number of benzene rings is 1. The van der Waals surface area contributed by atoms with Gasteiger partial charge in [-0.3, -0.25) is 10.2 Å². The Kier molecular flexibility index (Phi) is 6.28. The van der Waals surface area contributed by atoms with Crippen LogP contribution >= 0.6 is 0 Å². The van der Waals surface area contributed by atoms with E-state index in [1.165, 1.54) is 0 Å². The number of imidazole rings is 1. The molecule has 3 N–H and O–H groups in total. The number of hydrazine groups is 1. The Balaban J connectivity index is 1.28. The summed E-state index contributed by atoms with van der Waals surface area (Å²) in [6, 6.07) is 14.4. The number of hydrogen-bond donors (Lipinski definition) is 3. The number of carbonyl (C=O) groups is 1. The number of likely N-dealkylation sites (tertiary alicyclic amines) is 1. The highest BCUT2D eigenvalue weighted by molar-refractivity contribution is 5.81. The molecule has 0 aliphatic carbocycles. The fourth-order valence-corrected chi connectivity index (χ4v) is 5.12. The van der Waals surface area contributed by atoms with Gasteiger partial charge in [0.15, 0.2) is 0 Å². The van der Waals surface area contributed by atoms with Gasteiger partial charge in [-0.25, -0.2) is 15.4 Å². The van der Waals surface area contributed by atoms with Crippen LogP contribution in [0.3, 0.4) is 0 Å². The third-order valence-electron chi connectivity index (χ3n) is 6.62. The molecule has 8 nitrogen and oxygen atoms in total. The third-order valence-corrected chi connectivity index (χ3v) is 6.62. The molecule has 3 unspecified atom stereocenters. The van der Waals surface area contributed by atoms with Crippen LogP contribution in [0.25, 0.3) is 11.0 Å². The fourth-order valence-electron chi connectivity index (χ4n) is 5.12. The van der Waals surface area contributed by atoms with E-state index in [-0.39, 0.29) is 24.2 Å². The van der Waals surface area contributed by atoms with Crippen molar-refractivity contribution < 1.29 is 4.79 Å². The number of carbonyl (C=O) groups excluding carboxylic acids is 1. The molecule has 1 aromatic carbocycles. The minimum atomic E-state index is 0.0812. The number of nitrogens with one attached hydrogen (secondary N) is 3. The zero-order valence-electron chi connectivity index (χ0n) is 19.4. The van der Waals surface area contributed by atoms with Crippen LogP contribution in [0.4, 0.5) is 5.82 Å². The number of aromatic nitrogens is 3. The minimum absolute atomic E-state index is 0.0812. The van der Waals surface area contributed by atoms with Gasteiger partial charge in [-0.1, -0.05) is 32.0 Å². The molecule has 5 rings (SSSR count). The van der Waals surface area contributed by atoms with Crippen molar-refractivity contribution >= 4 is 22.8 Å². The maximum Gasteiger partial charge on any atom is 0.242 e. The summed E-state index contributed by atoms with van der Waals surface area (Å²) < 4.78 is 2.12. The zero-order valence-corrected chi connectivity index (χ0v) is 19.4. The lowest BCUT2D eigenvalue weighted by molar-refractivity contribution is -0.133. The Labute approximate surface area is 194 Å². The molecule has 3 aromatic rings. The Hall–Kier alpha value is -2.97. The Bertz CT molecular complexity index is 1100. The van der Waals surface area contributed by atoms with Crippen LogP contribution in [0, 0.1) is 5.92 Å². The van der Waals surface area contributed by atoms with Gasteiger partial charge in [0, 0.05) is 37.7 Å². The number of hydrogen-bond acceptors (Lipinski definition) is 6. The quantitative estimate of drug-likeness (QED) is 0.516. The smallest absolute Gasteiger partial charge is 0.242 e. The van der Waals surface area contributed by atoms with Crippen molar-refractivity contribution in [3.8, 4) is 0 Å². The van der Waals surface area contributed by atoms with Gasteiger partial charge in [0.25, 0.3) is 0 Å². The summed E-state index contributed by atoms with van der Waals surface area (Å²) in [7, 11) is 0. The van der Waals surface area contributed by atoms with Gasteiger partial charge in [0.2, 0.25) is 5.91 Å². The number of anilines is 1. The van der Waals surface area contributed by atoms with Crippen molar-refractivity contribution in [2.75, 3.05) is 11.9 Å². The highest BCUT2D eigenvalue weighted by Crippen LogP contribution is 2.26. The second-order valence-corrected chi connectivity index (χ2v) is 9.54. The molecule has 174 valence electrons. The van der Waals surface area contributed by atoms with Gasteiger partial charge >= 0.3 is 0 Å². The molecule has 4 heterocycles. The Morgan fingerprint density at radius 2 is 2.03 bits per heavy atom. The molecule has 2 fully saturated rings. The summed E-state index contributed by atoms with van der Waals surface area (Å²) >= 11 is 0. The van der Waals surface area contributed by atoms with E-state index in [4.69, 9.17) is 4.98 Å². The molecule has 0 radical (unpaired) electrons. The standard InChI is InChI=1S/C25H33N7O/c1-17(2)14-24-27-18-8-3-4-9-20(18)32(24)16-25(33)31-13-7-10-21(31)19-15-23(30-29-19)28-22-11-5-6-12-26-22/h3-6,8-9,11-12,17,19,21,23,29-30H,7,10,13-16H2,1-2H3,(H,26,28). The minimum Gasteiger partial charge on any atom is -0.354 e. The molecule has 2 saturated heterocycles. The van der Waals surface area contributed by atoms with Crippen molar-refractivity contribution in [3.05, 3.63) is 54.5 Å². The van der Waals surface area contributed by atoms with Gasteiger partial charge in [0.1, 0.15) is 18.2 Å². The summed E-state index contributed by atoms with van der Waals surface area (Å²) in [4.78, 5) is 24.8. The highest BCUT2D eigenvalue weighted by Gasteiger charge is 2.38. The first-order valence-corrected chi connectivity index (χ1v) is 12.0. The third kappa shape index (κ3) is 4.72. The number of fused-ring (bicyclic) bond motifs is 1. The van der Waals surface area contributed by atoms with Crippen molar-refractivity contribution in [3.63, 3.8) is 0 Å². The highest BCUT2D eigenvalue weighted by atomic mass is 16.2. The van der Waals surface area contributed by atoms with Crippen molar-refractivity contribution in [2.45, 2.75) is 64.3 Å². The summed E-state index contributed by atoms with van der Waals surface area (Å²) in [6.45, 7) is 5.54. The van der Waals surface area contributed by atoms with Gasteiger partial charge in [-0.15, -0.1) is 0 Å². The summed E-state index contributed by atoms with van der Waals surface area (Å²) in [6.07, 6.45) is 5.67. The SMILES string of the molecule is CC(C)Cc1nc2ccccc2n1CC(=O)N1CCCC1C1CC(Nc2ccccn2)NN1. The van der Waals surface area contributed by atoms with E-state index in [0.29, 0.717) is 12.5 Å². The van der Waals surface area contributed by atoms with Gasteiger partial charge in [-0.2, -0.15) is 0 Å². The van der Waals surface area contributed by atoms with Crippen LogP contribution in [0.5, 0.6) is 0 Å². The van der Waals surface area contributed by atoms with Crippen LogP contribution in [0.1, 0.15) is 38.9 Å². The molecule has 0 spiro atoms. The second-order valence-electron chi connectivity index (χ2n) is 9.54. The van der Waals surface area contributed by atoms with Crippen molar-refractivity contribution in [1.82, 2.24) is 30.3 Å². The average Bonchev–Trinajstić information content (AvgIpc) is 3.53. The molecule has 0 saturated carbocycles. The number of nitrogens with zero attached hydrogens (tertiary/aromatic N) is 4. The van der Waals surface area contributed by atoms with Crippen LogP contribution in [0.2, 0.25) is 0 Å². The van der Waals surface area contributed by atoms with Gasteiger partial charge in [0.05, 0.1) is 17.2 Å². The normalized spacial score (nSPS) is 23.0. The average molecular weight is 448 g/mol. The Morgan fingerprint density at radius 1 is 1.18 bits per heavy atom. The summed E-state index contributed by atoms with van der Waals surface area (Å²) in [5.74, 6) is 2.50. The monoisotopic (exact) mass is 447 g/mol. The van der Waals surface area contributed by atoms with E-state index in [0.717, 1.165) is 54.9 Å². The summed E-state index contributed by atoms with van der Waals surface area (Å²) in [5.41, 5.74) is 8.77. The molecule has 1 amide bonds. The fraction of sp³-hybridized carbons (Fsp3) is 0.480. The summed E-state index contributed by atoms with van der Waals surface area (Å²) in [5, 5.41) is 3.42. The van der Waals surface area contributed by atoms with E-state index in [9.17, 15) is 4.79 Å². The molecule has 3 atom stereocenters. The largest absolute Gasteiger partial charge is 0.354 e. The first-order chi connectivity index (χ1) is 16.1. The predicted octanol–water partition coefficient (Wildman–Crippen LogP) is 2.93. The lowest BCUT2D eigenvalue weighted by Gasteiger charge is -2.29. The molecule has 8 heteroatoms. The predicted molar refractivity (Wildman–Crippen MR) is 129 cm³/mol. The molecule has 2 aromatic heterocycles. The van der Waals surface area contributed by atoms with E-state index in [2.05, 4.69) is 50.5 Å². The topological polar surface area (TPSA) is 87.1 Å². The van der Waals surface area contributed by atoms with Crippen LogP contribution < -0.4 is 16.2 Å². The van der Waals surface area contributed by atoms with E-state index < -0.39 is 0 Å². The molecule has 2 aliphatic heterocycles. The molecule has 33 heavy (non-hydrogen) atoms. The maximum atomic E-state index is 13.5. The van der Waals surface area contributed by atoms with Crippen LogP contribution in [-0.2, 0) is 17.8 Å². The molecular weight excluding hydrogens is 414 g/mol. The van der Waals surface area contributed by atoms with Gasteiger partial charge < -0.3 is 14.8 Å². The van der Waals surface area contributed by atoms with Crippen LogP contribution in [0.15, 0.2) is 48.7 Å². The number of pyridine rings is 1. The lowest BCUT2D eigenvalue weighted by Crippen LogP contribution is -2.49. The number of amides is 1.